The lowest BCUT2D eigenvalue weighted by atomic mass is 9.89. The number of carbonyl (C=O) groups is 2. The summed E-state index contributed by atoms with van der Waals surface area (Å²) in [5, 5.41) is 0. The van der Waals surface area contributed by atoms with Gasteiger partial charge in [-0.05, 0) is 48.6 Å². The van der Waals surface area contributed by atoms with Crippen molar-refractivity contribution in [1.82, 2.24) is 4.90 Å². The Balaban J connectivity index is 1.78. The van der Waals surface area contributed by atoms with E-state index in [9.17, 15) is 18.0 Å². The first kappa shape index (κ1) is 23.1. The smallest absolute Gasteiger partial charge is 0.255 e. The SMILES string of the molecule is CCOc1cc(C(CS(C)(=O)=O)N2Cc3cccc(C4(C(N)=O)CC4)c3C2=O)ccc1OC. The number of methoxy groups -OCH3 is 1. The van der Waals surface area contributed by atoms with Gasteiger partial charge in [-0.2, -0.15) is 0 Å². The van der Waals surface area contributed by atoms with Crippen molar-refractivity contribution in [2.24, 2.45) is 5.73 Å². The Morgan fingerprint density at radius 3 is 2.52 bits per heavy atom. The van der Waals surface area contributed by atoms with Crippen molar-refractivity contribution in [3.05, 3.63) is 58.7 Å². The lowest BCUT2D eigenvalue weighted by Gasteiger charge is -2.28. The summed E-state index contributed by atoms with van der Waals surface area (Å²) >= 11 is 0. The molecule has 0 aromatic heterocycles. The van der Waals surface area contributed by atoms with Crippen molar-refractivity contribution in [1.29, 1.82) is 0 Å². The Kier molecular flexibility index (Phi) is 5.86. The van der Waals surface area contributed by atoms with Crippen molar-refractivity contribution in [3.63, 3.8) is 0 Å². The van der Waals surface area contributed by atoms with Crippen LogP contribution in [0.15, 0.2) is 36.4 Å². The Bertz CT molecular complexity index is 1220. The highest BCUT2D eigenvalue weighted by atomic mass is 32.2. The molecule has 8 nitrogen and oxygen atoms in total. The maximum atomic E-state index is 13.7. The molecule has 176 valence electrons. The molecule has 9 heteroatoms. The number of primary amides is 1. The average Bonchev–Trinajstić information content (AvgIpc) is 3.51. The molecule has 2 N–H and O–H groups in total. The zero-order valence-electron chi connectivity index (χ0n) is 19.0. The molecule has 1 aliphatic heterocycles. The summed E-state index contributed by atoms with van der Waals surface area (Å²) < 4.78 is 35.7. The number of carbonyl (C=O) groups excluding carboxylic acids is 2. The molecule has 0 saturated heterocycles. The third-order valence-electron chi connectivity index (χ3n) is 6.41. The van der Waals surface area contributed by atoms with Crippen LogP contribution in [-0.4, -0.2) is 50.9 Å². The maximum absolute atomic E-state index is 13.7. The van der Waals surface area contributed by atoms with Crippen molar-refractivity contribution in [2.75, 3.05) is 25.7 Å². The minimum absolute atomic E-state index is 0.243. The van der Waals surface area contributed by atoms with Gasteiger partial charge in [-0.1, -0.05) is 24.3 Å². The van der Waals surface area contributed by atoms with Crippen molar-refractivity contribution in [3.8, 4) is 11.5 Å². The summed E-state index contributed by atoms with van der Waals surface area (Å²) in [5.41, 5.74) is 7.36. The Labute approximate surface area is 193 Å². The average molecular weight is 473 g/mol. The summed E-state index contributed by atoms with van der Waals surface area (Å²) in [5.74, 6) is 0.0172. The monoisotopic (exact) mass is 472 g/mol. The number of hydrogen-bond acceptors (Lipinski definition) is 6. The highest BCUT2D eigenvalue weighted by molar-refractivity contribution is 7.90. The van der Waals surface area contributed by atoms with Crippen LogP contribution >= 0.6 is 0 Å². The number of nitrogens with zero attached hydrogens (tertiary/aromatic N) is 1. The minimum Gasteiger partial charge on any atom is -0.493 e. The number of sulfone groups is 1. The number of rotatable bonds is 9. The highest BCUT2D eigenvalue weighted by Gasteiger charge is 2.53. The minimum atomic E-state index is -3.44. The van der Waals surface area contributed by atoms with Crippen molar-refractivity contribution >= 4 is 21.7 Å². The van der Waals surface area contributed by atoms with Gasteiger partial charge in [0.1, 0.15) is 9.84 Å². The van der Waals surface area contributed by atoms with Crippen LogP contribution in [-0.2, 0) is 26.6 Å². The molecular weight excluding hydrogens is 444 g/mol. The highest BCUT2D eigenvalue weighted by Crippen LogP contribution is 2.51. The van der Waals surface area contributed by atoms with Gasteiger partial charge in [0.15, 0.2) is 11.5 Å². The number of amides is 2. The molecule has 4 rings (SSSR count). The first-order valence-electron chi connectivity index (χ1n) is 10.8. The van der Waals surface area contributed by atoms with Crippen molar-refractivity contribution in [2.45, 2.75) is 37.8 Å². The molecule has 0 spiro atoms. The first-order valence-corrected chi connectivity index (χ1v) is 12.9. The van der Waals surface area contributed by atoms with Gasteiger partial charge in [-0.15, -0.1) is 0 Å². The van der Waals surface area contributed by atoms with Crippen LogP contribution in [0.3, 0.4) is 0 Å². The second-order valence-corrected chi connectivity index (χ2v) is 10.9. The summed E-state index contributed by atoms with van der Waals surface area (Å²) in [7, 11) is -1.91. The molecular formula is C24H28N2O6S. The van der Waals surface area contributed by atoms with Gasteiger partial charge in [0.2, 0.25) is 5.91 Å². The normalized spacial score (nSPS) is 17.4. The van der Waals surface area contributed by atoms with Crippen LogP contribution in [0.5, 0.6) is 11.5 Å². The third kappa shape index (κ3) is 4.17. The van der Waals surface area contributed by atoms with E-state index in [1.807, 2.05) is 19.1 Å². The molecule has 2 aromatic rings. The van der Waals surface area contributed by atoms with E-state index >= 15 is 0 Å². The van der Waals surface area contributed by atoms with E-state index in [0.717, 1.165) is 11.8 Å². The second-order valence-electron chi connectivity index (χ2n) is 8.67. The molecule has 1 aliphatic carbocycles. The Morgan fingerprint density at radius 1 is 1.21 bits per heavy atom. The molecule has 2 aromatic carbocycles. The number of ether oxygens (including phenoxy) is 2. The van der Waals surface area contributed by atoms with Crippen LogP contribution in [0.1, 0.15) is 52.9 Å². The van der Waals surface area contributed by atoms with E-state index in [1.165, 1.54) is 7.11 Å². The van der Waals surface area contributed by atoms with Crippen LogP contribution in [0.2, 0.25) is 0 Å². The van der Waals surface area contributed by atoms with E-state index < -0.39 is 27.2 Å². The molecule has 2 amide bonds. The van der Waals surface area contributed by atoms with Gasteiger partial charge in [0.25, 0.3) is 5.91 Å². The molecule has 1 saturated carbocycles. The summed E-state index contributed by atoms with van der Waals surface area (Å²) in [6.07, 6.45) is 2.36. The number of benzene rings is 2. The van der Waals surface area contributed by atoms with Crippen LogP contribution in [0, 0.1) is 0 Å². The quantitative estimate of drug-likeness (QED) is 0.599. The molecule has 33 heavy (non-hydrogen) atoms. The number of fused-ring (bicyclic) bond motifs is 1. The van der Waals surface area contributed by atoms with Gasteiger partial charge >= 0.3 is 0 Å². The lowest BCUT2D eigenvalue weighted by molar-refractivity contribution is -0.120. The largest absolute Gasteiger partial charge is 0.493 e. The topological polar surface area (TPSA) is 116 Å². The van der Waals surface area contributed by atoms with Crippen LogP contribution in [0.4, 0.5) is 0 Å². The Morgan fingerprint density at radius 2 is 1.94 bits per heavy atom. The van der Waals surface area contributed by atoms with Gasteiger partial charge in [-0.3, -0.25) is 9.59 Å². The second kappa shape index (κ2) is 8.37. The van der Waals surface area contributed by atoms with Gasteiger partial charge in [0.05, 0.1) is 30.9 Å². The van der Waals surface area contributed by atoms with Crippen molar-refractivity contribution < 1.29 is 27.5 Å². The van der Waals surface area contributed by atoms with E-state index in [1.54, 1.807) is 29.2 Å². The summed E-state index contributed by atoms with van der Waals surface area (Å²) in [6.45, 7) is 2.49. The Hall–Kier alpha value is -3.07. The summed E-state index contributed by atoms with van der Waals surface area (Å²) in [4.78, 5) is 27.4. The van der Waals surface area contributed by atoms with Gasteiger partial charge in [0, 0.05) is 18.4 Å². The zero-order chi connectivity index (χ0) is 24.0. The van der Waals surface area contributed by atoms with Crippen LogP contribution < -0.4 is 15.2 Å². The standard InChI is InChI=1S/C24H28N2O6S/c1-4-32-20-12-15(8-9-19(20)31-2)18(14-33(3,29)30)26-13-16-6-5-7-17(21(16)22(26)27)24(10-11-24)23(25)28/h5-9,12,18H,4,10-11,13-14H2,1-3H3,(H2,25,28). The first-order chi connectivity index (χ1) is 15.6. The maximum Gasteiger partial charge on any atom is 0.255 e. The fraction of sp³-hybridized carbons (Fsp3) is 0.417. The molecule has 1 atom stereocenters. The summed E-state index contributed by atoms with van der Waals surface area (Å²) in [6, 6.07) is 9.89. The molecule has 1 fully saturated rings. The fourth-order valence-corrected chi connectivity index (χ4v) is 5.58. The predicted octanol–water partition coefficient (Wildman–Crippen LogP) is 2.35. The van der Waals surface area contributed by atoms with Gasteiger partial charge in [-0.25, -0.2) is 8.42 Å². The number of nitrogens with two attached hydrogens (primary N) is 1. The molecule has 1 unspecified atom stereocenters. The molecule has 0 radical (unpaired) electrons. The molecule has 0 bridgehead atoms. The van der Waals surface area contributed by atoms with Gasteiger partial charge < -0.3 is 20.1 Å². The molecule has 1 heterocycles. The lowest BCUT2D eigenvalue weighted by Crippen LogP contribution is -2.35. The van der Waals surface area contributed by atoms with Crippen LogP contribution in [0.25, 0.3) is 0 Å². The third-order valence-corrected chi connectivity index (χ3v) is 7.33. The zero-order valence-corrected chi connectivity index (χ0v) is 19.8. The van der Waals surface area contributed by atoms with E-state index in [2.05, 4.69) is 0 Å². The number of hydrogen-bond donors (Lipinski definition) is 1. The van der Waals surface area contributed by atoms with E-state index in [0.29, 0.717) is 47.6 Å². The molecule has 2 aliphatic rings. The van der Waals surface area contributed by atoms with E-state index in [4.69, 9.17) is 15.2 Å². The van der Waals surface area contributed by atoms with E-state index in [-0.39, 0.29) is 18.2 Å². The fourth-order valence-electron chi connectivity index (χ4n) is 4.63. The predicted molar refractivity (Wildman–Crippen MR) is 123 cm³/mol.